The van der Waals surface area contributed by atoms with E-state index in [1.165, 1.54) is 93.7 Å². The molecule has 2 aliphatic carbocycles. The Labute approximate surface area is 185 Å². The second-order valence-electron chi connectivity index (χ2n) is 10.3. The quantitative estimate of drug-likeness (QED) is 0.386. The van der Waals surface area contributed by atoms with Gasteiger partial charge in [0.15, 0.2) is 0 Å². The molecule has 0 heterocycles. The van der Waals surface area contributed by atoms with Gasteiger partial charge in [-0.25, -0.2) is 0 Å². The zero-order valence-electron chi connectivity index (χ0n) is 19.4. The van der Waals surface area contributed by atoms with Crippen molar-refractivity contribution in [3.8, 4) is 11.1 Å². The summed E-state index contributed by atoms with van der Waals surface area (Å²) in [6.07, 6.45) is 17.0. The molecular weight excluding hydrogens is 360 g/mol. The second kappa shape index (κ2) is 10.7. The average Bonchev–Trinajstić information content (AvgIpc) is 2.80. The molecule has 0 heteroatoms. The number of unbranched alkanes of at least 4 members (excludes halogenated alkanes) is 2. The predicted octanol–water partition coefficient (Wildman–Crippen LogP) is 9.19. The molecule has 0 N–H and O–H groups in total. The van der Waals surface area contributed by atoms with Crippen molar-refractivity contribution in [1.82, 2.24) is 0 Å². The van der Waals surface area contributed by atoms with Crippen LogP contribution in [0.4, 0.5) is 0 Å². The molecule has 2 saturated carbocycles. The zero-order valence-corrected chi connectivity index (χ0v) is 19.4. The van der Waals surface area contributed by atoms with Crippen molar-refractivity contribution in [2.75, 3.05) is 0 Å². The van der Waals surface area contributed by atoms with Gasteiger partial charge in [-0.3, -0.25) is 0 Å². The Hall–Kier alpha value is -1.56. The van der Waals surface area contributed by atoms with Gasteiger partial charge in [-0.05, 0) is 84.5 Å². The van der Waals surface area contributed by atoms with E-state index in [0.717, 1.165) is 23.7 Å². The van der Waals surface area contributed by atoms with Crippen LogP contribution in [0, 0.1) is 17.8 Å². The Kier molecular flexibility index (Phi) is 7.69. The van der Waals surface area contributed by atoms with Crippen molar-refractivity contribution < 1.29 is 0 Å². The summed E-state index contributed by atoms with van der Waals surface area (Å²) in [5.41, 5.74) is 5.76. The van der Waals surface area contributed by atoms with Gasteiger partial charge >= 0.3 is 0 Å². The third-order valence-corrected chi connectivity index (χ3v) is 8.15. The SMILES string of the molecule is CCCCCC1CC[C@@H]2C[C@H](c3ccc(-c4ccc(CCC)cc4)cc3)CC[C@@H]2C1. The summed E-state index contributed by atoms with van der Waals surface area (Å²) >= 11 is 0. The molecule has 162 valence electrons. The fourth-order valence-electron chi connectivity index (χ4n) is 6.33. The summed E-state index contributed by atoms with van der Waals surface area (Å²) in [6, 6.07) is 18.8. The van der Waals surface area contributed by atoms with Crippen LogP contribution in [0.1, 0.15) is 102 Å². The number of rotatable bonds is 8. The summed E-state index contributed by atoms with van der Waals surface area (Å²) in [5.74, 6) is 3.86. The Morgan fingerprint density at radius 1 is 0.667 bits per heavy atom. The van der Waals surface area contributed by atoms with Gasteiger partial charge < -0.3 is 0 Å². The molecule has 0 nitrogen and oxygen atoms in total. The first-order valence-corrected chi connectivity index (χ1v) is 13.0. The van der Waals surface area contributed by atoms with Gasteiger partial charge in [-0.2, -0.15) is 0 Å². The molecule has 0 aliphatic heterocycles. The Morgan fingerprint density at radius 2 is 1.33 bits per heavy atom. The minimum absolute atomic E-state index is 0.795. The Balaban J connectivity index is 1.32. The van der Waals surface area contributed by atoms with Gasteiger partial charge in [-0.15, -0.1) is 0 Å². The molecule has 4 atom stereocenters. The normalized spacial score (nSPS) is 26.3. The molecular formula is C30H42. The number of aryl methyl sites for hydroxylation is 1. The van der Waals surface area contributed by atoms with Crippen LogP contribution < -0.4 is 0 Å². The lowest BCUT2D eigenvalue weighted by Gasteiger charge is -2.42. The van der Waals surface area contributed by atoms with Crippen LogP contribution >= 0.6 is 0 Å². The highest BCUT2D eigenvalue weighted by Crippen LogP contribution is 2.48. The van der Waals surface area contributed by atoms with Crippen LogP contribution in [0.5, 0.6) is 0 Å². The van der Waals surface area contributed by atoms with E-state index >= 15 is 0 Å². The smallest absolute Gasteiger partial charge is 0.0159 e. The van der Waals surface area contributed by atoms with Crippen LogP contribution in [0.15, 0.2) is 48.5 Å². The van der Waals surface area contributed by atoms with Gasteiger partial charge in [0, 0.05) is 0 Å². The highest BCUT2D eigenvalue weighted by molar-refractivity contribution is 5.64. The van der Waals surface area contributed by atoms with Gasteiger partial charge in [0.05, 0.1) is 0 Å². The molecule has 30 heavy (non-hydrogen) atoms. The van der Waals surface area contributed by atoms with E-state index in [1.807, 2.05) is 0 Å². The molecule has 0 saturated heterocycles. The number of fused-ring (bicyclic) bond motifs is 1. The molecule has 0 spiro atoms. The first-order chi connectivity index (χ1) is 14.8. The number of benzene rings is 2. The van der Waals surface area contributed by atoms with Crippen LogP contribution in [-0.4, -0.2) is 0 Å². The summed E-state index contributed by atoms with van der Waals surface area (Å²) in [4.78, 5) is 0. The number of hydrogen-bond acceptors (Lipinski definition) is 0. The van der Waals surface area contributed by atoms with Crippen molar-refractivity contribution in [2.45, 2.75) is 96.8 Å². The topological polar surface area (TPSA) is 0 Å². The largest absolute Gasteiger partial charge is 0.0654 e. The van der Waals surface area contributed by atoms with Crippen molar-refractivity contribution in [1.29, 1.82) is 0 Å². The van der Waals surface area contributed by atoms with E-state index in [-0.39, 0.29) is 0 Å². The standard InChI is InChI=1S/C30H42/c1-3-5-6-8-24-11-14-30-22-29(20-19-28(30)21-24)27-17-15-26(16-18-27)25-12-9-23(7-4-2)10-13-25/h9-10,12-13,15-18,24,28-30H,3-8,11,14,19-22H2,1-2H3/t24?,28-,29-,30-/m1/s1. The van der Waals surface area contributed by atoms with Crippen molar-refractivity contribution in [2.24, 2.45) is 17.8 Å². The van der Waals surface area contributed by atoms with Crippen molar-refractivity contribution >= 4 is 0 Å². The first kappa shape index (κ1) is 21.7. The fraction of sp³-hybridized carbons (Fsp3) is 0.600. The average molecular weight is 403 g/mol. The monoisotopic (exact) mass is 402 g/mol. The van der Waals surface area contributed by atoms with Gasteiger partial charge in [0.1, 0.15) is 0 Å². The lowest BCUT2D eigenvalue weighted by Crippen LogP contribution is -2.30. The first-order valence-electron chi connectivity index (χ1n) is 13.0. The second-order valence-corrected chi connectivity index (χ2v) is 10.3. The molecule has 2 aliphatic rings. The van der Waals surface area contributed by atoms with Crippen molar-refractivity contribution in [3.05, 3.63) is 59.7 Å². The summed E-state index contributed by atoms with van der Waals surface area (Å²) in [7, 11) is 0. The van der Waals surface area contributed by atoms with Crippen LogP contribution in [0.2, 0.25) is 0 Å². The lowest BCUT2D eigenvalue weighted by molar-refractivity contribution is 0.113. The van der Waals surface area contributed by atoms with Crippen molar-refractivity contribution in [3.63, 3.8) is 0 Å². The minimum Gasteiger partial charge on any atom is -0.0654 e. The molecule has 2 aromatic rings. The number of hydrogen-bond donors (Lipinski definition) is 0. The van der Waals surface area contributed by atoms with E-state index in [4.69, 9.17) is 0 Å². The van der Waals surface area contributed by atoms with E-state index in [9.17, 15) is 0 Å². The molecule has 0 bridgehead atoms. The molecule has 1 unspecified atom stereocenters. The van der Waals surface area contributed by atoms with Crippen LogP contribution in [0.25, 0.3) is 11.1 Å². The third-order valence-electron chi connectivity index (χ3n) is 8.15. The zero-order chi connectivity index (χ0) is 20.8. The highest BCUT2D eigenvalue weighted by atomic mass is 14.4. The fourth-order valence-corrected chi connectivity index (χ4v) is 6.33. The van der Waals surface area contributed by atoms with Crippen LogP contribution in [-0.2, 0) is 6.42 Å². The van der Waals surface area contributed by atoms with Gasteiger partial charge in [-0.1, -0.05) is 101 Å². The maximum Gasteiger partial charge on any atom is -0.0159 e. The van der Waals surface area contributed by atoms with E-state index in [1.54, 1.807) is 5.56 Å². The molecule has 0 aromatic heterocycles. The molecule has 2 aromatic carbocycles. The van der Waals surface area contributed by atoms with E-state index < -0.39 is 0 Å². The van der Waals surface area contributed by atoms with Gasteiger partial charge in [0.25, 0.3) is 0 Å². The molecule has 0 radical (unpaired) electrons. The maximum atomic E-state index is 2.43. The highest BCUT2D eigenvalue weighted by Gasteiger charge is 2.35. The summed E-state index contributed by atoms with van der Waals surface area (Å²) in [6.45, 7) is 4.58. The third kappa shape index (κ3) is 5.37. The Morgan fingerprint density at radius 3 is 2.03 bits per heavy atom. The summed E-state index contributed by atoms with van der Waals surface area (Å²) in [5, 5.41) is 0. The summed E-state index contributed by atoms with van der Waals surface area (Å²) < 4.78 is 0. The van der Waals surface area contributed by atoms with E-state index in [0.29, 0.717) is 0 Å². The predicted molar refractivity (Wildman–Crippen MR) is 131 cm³/mol. The molecule has 4 rings (SSSR count). The lowest BCUT2D eigenvalue weighted by atomic mass is 9.63. The van der Waals surface area contributed by atoms with Crippen LogP contribution in [0.3, 0.4) is 0 Å². The van der Waals surface area contributed by atoms with E-state index in [2.05, 4.69) is 62.4 Å². The molecule has 0 amide bonds. The Bertz CT molecular complexity index is 754. The van der Waals surface area contributed by atoms with Gasteiger partial charge in [0.2, 0.25) is 0 Å². The molecule has 2 fully saturated rings. The minimum atomic E-state index is 0.795. The maximum absolute atomic E-state index is 2.43.